The third-order valence-electron chi connectivity index (χ3n) is 2.90. The number of fused-ring (bicyclic) bond motifs is 1. The minimum absolute atomic E-state index is 0.989. The molecule has 1 aliphatic rings. The molecular weight excluding hydrogens is 174 g/mol. The van der Waals surface area contributed by atoms with Crippen LogP contribution in [0.5, 0.6) is 5.75 Å². The highest BCUT2D eigenvalue weighted by atomic mass is 16.5. The molecule has 0 saturated heterocycles. The van der Waals surface area contributed by atoms with Gasteiger partial charge < -0.3 is 10.1 Å². The van der Waals surface area contributed by atoms with Crippen molar-refractivity contribution in [1.82, 2.24) is 5.32 Å². The normalized spacial score (nSPS) is 15.9. The fraction of sp³-hybridized carbons (Fsp3) is 0.500. The number of ether oxygens (including phenoxy) is 1. The summed E-state index contributed by atoms with van der Waals surface area (Å²) in [6, 6.07) is 4.31. The van der Waals surface area contributed by atoms with Crippen molar-refractivity contribution in [3.8, 4) is 5.75 Å². The minimum atomic E-state index is 0.989. The molecule has 1 heterocycles. The Hall–Kier alpha value is -1.02. The van der Waals surface area contributed by atoms with Gasteiger partial charge >= 0.3 is 0 Å². The fourth-order valence-electron chi connectivity index (χ4n) is 2.11. The quantitative estimate of drug-likeness (QED) is 0.729. The first-order chi connectivity index (χ1) is 6.81. The number of nitrogens with one attached hydrogen (secondary N) is 1. The number of aryl methyl sites for hydroxylation is 1. The highest BCUT2D eigenvalue weighted by Crippen LogP contribution is 2.23. The molecule has 1 aromatic rings. The topological polar surface area (TPSA) is 21.3 Å². The van der Waals surface area contributed by atoms with Gasteiger partial charge in [-0.2, -0.15) is 0 Å². The monoisotopic (exact) mass is 191 g/mol. The van der Waals surface area contributed by atoms with Crippen molar-refractivity contribution in [3.63, 3.8) is 0 Å². The molecule has 1 N–H and O–H groups in total. The van der Waals surface area contributed by atoms with Gasteiger partial charge in [0, 0.05) is 0 Å². The van der Waals surface area contributed by atoms with Crippen LogP contribution in [0.25, 0.3) is 0 Å². The SMILES string of the molecule is COc1cc(C)c2c(c1)CCNCC2. The molecular formula is C12H17NO. The summed E-state index contributed by atoms with van der Waals surface area (Å²) in [4.78, 5) is 0. The van der Waals surface area contributed by atoms with Gasteiger partial charge in [-0.25, -0.2) is 0 Å². The molecule has 0 radical (unpaired) electrons. The molecule has 14 heavy (non-hydrogen) atoms. The van der Waals surface area contributed by atoms with Crippen LogP contribution in [0, 0.1) is 6.92 Å². The molecule has 0 amide bonds. The molecule has 0 fully saturated rings. The lowest BCUT2D eigenvalue weighted by molar-refractivity contribution is 0.414. The molecule has 1 aromatic carbocycles. The van der Waals surface area contributed by atoms with Crippen LogP contribution >= 0.6 is 0 Å². The van der Waals surface area contributed by atoms with Crippen molar-refractivity contribution >= 4 is 0 Å². The summed E-state index contributed by atoms with van der Waals surface area (Å²) in [7, 11) is 1.73. The predicted octanol–water partition coefficient (Wildman–Crippen LogP) is 1.69. The highest BCUT2D eigenvalue weighted by Gasteiger charge is 2.11. The summed E-state index contributed by atoms with van der Waals surface area (Å²) >= 11 is 0. The van der Waals surface area contributed by atoms with E-state index in [1.54, 1.807) is 7.11 Å². The molecule has 0 aliphatic carbocycles. The number of hydrogen-bond acceptors (Lipinski definition) is 2. The van der Waals surface area contributed by atoms with Gasteiger partial charge in [-0.05, 0) is 61.7 Å². The van der Waals surface area contributed by atoms with Crippen molar-refractivity contribution in [2.24, 2.45) is 0 Å². The average Bonchev–Trinajstić information content (AvgIpc) is 2.42. The van der Waals surface area contributed by atoms with Gasteiger partial charge in [-0.1, -0.05) is 0 Å². The second-order valence-electron chi connectivity index (χ2n) is 3.83. The molecule has 2 heteroatoms. The summed E-state index contributed by atoms with van der Waals surface area (Å²) in [5, 5.41) is 3.42. The molecule has 0 saturated carbocycles. The third-order valence-corrected chi connectivity index (χ3v) is 2.90. The summed E-state index contributed by atoms with van der Waals surface area (Å²) in [6.07, 6.45) is 2.26. The molecule has 0 aromatic heterocycles. The van der Waals surface area contributed by atoms with E-state index < -0.39 is 0 Å². The minimum Gasteiger partial charge on any atom is -0.497 e. The Morgan fingerprint density at radius 2 is 2.00 bits per heavy atom. The molecule has 76 valence electrons. The second kappa shape index (κ2) is 4.01. The van der Waals surface area contributed by atoms with Crippen LogP contribution in [0.3, 0.4) is 0 Å². The number of benzene rings is 1. The van der Waals surface area contributed by atoms with Gasteiger partial charge in [-0.3, -0.25) is 0 Å². The molecule has 1 aliphatic heterocycles. The Balaban J connectivity index is 2.43. The van der Waals surface area contributed by atoms with Gasteiger partial charge in [-0.15, -0.1) is 0 Å². The zero-order chi connectivity index (χ0) is 9.97. The molecule has 2 nitrogen and oxygen atoms in total. The average molecular weight is 191 g/mol. The second-order valence-corrected chi connectivity index (χ2v) is 3.83. The lowest BCUT2D eigenvalue weighted by Gasteiger charge is -2.11. The van der Waals surface area contributed by atoms with E-state index in [1.807, 2.05) is 0 Å². The predicted molar refractivity (Wildman–Crippen MR) is 58.0 cm³/mol. The van der Waals surface area contributed by atoms with Crippen molar-refractivity contribution in [2.75, 3.05) is 20.2 Å². The molecule has 2 rings (SSSR count). The lowest BCUT2D eigenvalue weighted by Crippen LogP contribution is -2.16. The van der Waals surface area contributed by atoms with Crippen LogP contribution in [0.2, 0.25) is 0 Å². The largest absolute Gasteiger partial charge is 0.497 e. The Bertz CT molecular complexity index is 333. The van der Waals surface area contributed by atoms with Crippen molar-refractivity contribution in [2.45, 2.75) is 19.8 Å². The summed E-state index contributed by atoms with van der Waals surface area (Å²) in [5.41, 5.74) is 4.32. The first kappa shape index (κ1) is 9.53. The van der Waals surface area contributed by atoms with E-state index in [9.17, 15) is 0 Å². The van der Waals surface area contributed by atoms with Crippen LogP contribution in [0.4, 0.5) is 0 Å². The smallest absolute Gasteiger partial charge is 0.119 e. The van der Waals surface area contributed by atoms with Gasteiger partial charge in [0.25, 0.3) is 0 Å². The van der Waals surface area contributed by atoms with Crippen LogP contribution < -0.4 is 10.1 Å². The van der Waals surface area contributed by atoms with E-state index in [0.717, 1.165) is 31.7 Å². The van der Waals surface area contributed by atoms with E-state index >= 15 is 0 Å². The maximum atomic E-state index is 5.28. The van der Waals surface area contributed by atoms with Crippen molar-refractivity contribution < 1.29 is 4.74 Å². The number of methoxy groups -OCH3 is 1. The standard InChI is InChI=1S/C12H17NO/c1-9-7-11(14-2)8-10-3-5-13-6-4-12(9)10/h7-8,13H,3-6H2,1-2H3. The Morgan fingerprint density at radius 1 is 1.21 bits per heavy atom. The molecule has 0 unspecified atom stereocenters. The Kier molecular flexibility index (Phi) is 2.73. The Labute approximate surface area is 85.3 Å². The highest BCUT2D eigenvalue weighted by molar-refractivity contribution is 5.42. The lowest BCUT2D eigenvalue weighted by atomic mass is 9.97. The maximum absolute atomic E-state index is 5.28. The first-order valence-corrected chi connectivity index (χ1v) is 5.18. The van der Waals surface area contributed by atoms with Crippen molar-refractivity contribution in [3.05, 3.63) is 28.8 Å². The van der Waals surface area contributed by atoms with Gasteiger partial charge in [0.1, 0.15) is 5.75 Å². The van der Waals surface area contributed by atoms with Gasteiger partial charge in [0.05, 0.1) is 7.11 Å². The van der Waals surface area contributed by atoms with Crippen LogP contribution in [0.15, 0.2) is 12.1 Å². The van der Waals surface area contributed by atoms with E-state index in [0.29, 0.717) is 0 Å². The summed E-state index contributed by atoms with van der Waals surface area (Å²) < 4.78 is 5.28. The maximum Gasteiger partial charge on any atom is 0.119 e. The van der Waals surface area contributed by atoms with E-state index in [-0.39, 0.29) is 0 Å². The Morgan fingerprint density at radius 3 is 2.79 bits per heavy atom. The molecule has 0 atom stereocenters. The van der Waals surface area contributed by atoms with E-state index in [2.05, 4.69) is 24.4 Å². The van der Waals surface area contributed by atoms with Crippen LogP contribution in [-0.2, 0) is 12.8 Å². The number of rotatable bonds is 1. The fourth-order valence-corrected chi connectivity index (χ4v) is 2.11. The van der Waals surface area contributed by atoms with Gasteiger partial charge in [0.2, 0.25) is 0 Å². The van der Waals surface area contributed by atoms with Crippen LogP contribution in [-0.4, -0.2) is 20.2 Å². The number of hydrogen-bond donors (Lipinski definition) is 1. The first-order valence-electron chi connectivity index (χ1n) is 5.18. The van der Waals surface area contributed by atoms with E-state index in [1.165, 1.54) is 16.7 Å². The third kappa shape index (κ3) is 1.75. The molecule has 0 bridgehead atoms. The van der Waals surface area contributed by atoms with Gasteiger partial charge in [0.15, 0.2) is 0 Å². The van der Waals surface area contributed by atoms with Crippen LogP contribution in [0.1, 0.15) is 16.7 Å². The summed E-state index contributed by atoms with van der Waals surface area (Å²) in [5.74, 6) is 0.989. The zero-order valence-electron chi connectivity index (χ0n) is 8.89. The summed E-state index contributed by atoms with van der Waals surface area (Å²) in [6.45, 7) is 4.35. The van der Waals surface area contributed by atoms with E-state index in [4.69, 9.17) is 4.74 Å². The zero-order valence-corrected chi connectivity index (χ0v) is 8.89. The molecule has 0 spiro atoms. The van der Waals surface area contributed by atoms with Crippen molar-refractivity contribution in [1.29, 1.82) is 0 Å².